The minimum absolute atomic E-state index is 0.00963. The van der Waals surface area contributed by atoms with Gasteiger partial charge in [0.25, 0.3) is 0 Å². The molecular formula is C16H34O4. The Morgan fingerprint density at radius 2 is 0.600 bits per heavy atom. The van der Waals surface area contributed by atoms with Crippen LogP contribution in [0.2, 0.25) is 0 Å². The lowest BCUT2D eigenvalue weighted by atomic mass is 10.1. The van der Waals surface area contributed by atoms with Gasteiger partial charge in [0.15, 0.2) is 12.6 Å². The van der Waals surface area contributed by atoms with Gasteiger partial charge in [0.1, 0.15) is 0 Å². The van der Waals surface area contributed by atoms with Crippen molar-refractivity contribution in [2.24, 2.45) is 5.92 Å². The van der Waals surface area contributed by atoms with Crippen LogP contribution < -0.4 is 0 Å². The van der Waals surface area contributed by atoms with Gasteiger partial charge in [-0.2, -0.15) is 0 Å². The highest BCUT2D eigenvalue weighted by atomic mass is 16.7. The summed E-state index contributed by atoms with van der Waals surface area (Å²) in [4.78, 5) is 0. The van der Waals surface area contributed by atoms with Gasteiger partial charge < -0.3 is 18.9 Å². The zero-order valence-corrected chi connectivity index (χ0v) is 14.7. The molecule has 0 bridgehead atoms. The lowest BCUT2D eigenvalue weighted by Gasteiger charge is -2.34. The fourth-order valence-corrected chi connectivity index (χ4v) is 1.76. The first-order chi connectivity index (χ1) is 9.13. The first kappa shape index (κ1) is 19.8. The lowest BCUT2D eigenvalue weighted by Crippen LogP contribution is -2.41. The second kappa shape index (κ2) is 9.72. The van der Waals surface area contributed by atoms with E-state index in [-0.39, 0.29) is 42.9 Å². The molecule has 122 valence electrons. The highest BCUT2D eigenvalue weighted by Crippen LogP contribution is 2.22. The molecule has 0 aromatic carbocycles. The van der Waals surface area contributed by atoms with Crippen LogP contribution in [-0.4, -0.2) is 37.0 Å². The minimum atomic E-state index is -0.336. The summed E-state index contributed by atoms with van der Waals surface area (Å²) in [6.45, 7) is 18.1. The van der Waals surface area contributed by atoms with E-state index < -0.39 is 0 Å². The Bertz CT molecular complexity index is 195. The third kappa shape index (κ3) is 8.90. The molecule has 0 aromatic rings. The van der Waals surface area contributed by atoms with E-state index in [2.05, 4.69) is 0 Å². The van der Waals surface area contributed by atoms with Crippen LogP contribution in [0, 0.1) is 5.92 Å². The number of hydrogen-bond donors (Lipinski definition) is 0. The molecule has 0 N–H and O–H groups in total. The zero-order valence-electron chi connectivity index (χ0n) is 14.7. The van der Waals surface area contributed by atoms with Crippen LogP contribution >= 0.6 is 0 Å². The Balaban J connectivity index is 4.85. The maximum absolute atomic E-state index is 5.88. The molecule has 0 saturated carbocycles. The molecule has 4 heteroatoms. The van der Waals surface area contributed by atoms with E-state index in [1.807, 2.05) is 62.3 Å². The van der Waals surface area contributed by atoms with Crippen LogP contribution in [0.1, 0.15) is 62.3 Å². The lowest BCUT2D eigenvalue weighted by molar-refractivity contribution is -0.276. The summed E-state index contributed by atoms with van der Waals surface area (Å²) in [6.07, 6.45) is -0.283. The predicted octanol–water partition coefficient (Wildman–Crippen LogP) is 3.97. The molecule has 0 aliphatic rings. The van der Waals surface area contributed by atoms with Crippen molar-refractivity contribution in [1.29, 1.82) is 0 Å². The standard InChI is InChI=1S/C16H34O4/c1-10(2)17-15(18-11(3)4)14(9)16(19-12(5)6)20-13(7)8/h10-16H,1-9H3. The summed E-state index contributed by atoms with van der Waals surface area (Å²) < 4.78 is 23.5. The van der Waals surface area contributed by atoms with Crippen molar-refractivity contribution in [1.82, 2.24) is 0 Å². The quantitative estimate of drug-likeness (QED) is 0.570. The smallest absolute Gasteiger partial charge is 0.165 e. The topological polar surface area (TPSA) is 36.9 Å². The van der Waals surface area contributed by atoms with E-state index in [9.17, 15) is 0 Å². The van der Waals surface area contributed by atoms with Crippen LogP contribution in [0.25, 0.3) is 0 Å². The zero-order chi connectivity index (χ0) is 15.9. The molecule has 0 saturated heterocycles. The molecular weight excluding hydrogens is 256 g/mol. The van der Waals surface area contributed by atoms with Gasteiger partial charge in [-0.15, -0.1) is 0 Å². The molecule has 4 nitrogen and oxygen atoms in total. The molecule has 0 aliphatic carbocycles. The molecule has 0 aliphatic heterocycles. The number of hydrogen-bond acceptors (Lipinski definition) is 4. The molecule has 0 unspecified atom stereocenters. The summed E-state index contributed by atoms with van der Waals surface area (Å²) in [5, 5.41) is 0. The van der Waals surface area contributed by atoms with Crippen molar-refractivity contribution in [3.8, 4) is 0 Å². The molecule has 0 heterocycles. The second-order valence-electron chi connectivity index (χ2n) is 6.34. The summed E-state index contributed by atoms with van der Waals surface area (Å²) in [5.41, 5.74) is 0. The third-order valence-electron chi connectivity index (χ3n) is 2.48. The van der Waals surface area contributed by atoms with Gasteiger partial charge in [-0.25, -0.2) is 0 Å². The van der Waals surface area contributed by atoms with Crippen LogP contribution in [0.5, 0.6) is 0 Å². The van der Waals surface area contributed by atoms with Crippen LogP contribution in [-0.2, 0) is 18.9 Å². The van der Waals surface area contributed by atoms with Crippen LogP contribution in [0.3, 0.4) is 0 Å². The SMILES string of the molecule is CC(C)OC(OC(C)C)C(C)C(OC(C)C)OC(C)C. The number of rotatable bonds is 10. The fraction of sp³-hybridized carbons (Fsp3) is 1.00. The largest absolute Gasteiger partial charge is 0.350 e. The maximum Gasteiger partial charge on any atom is 0.165 e. The first-order valence-corrected chi connectivity index (χ1v) is 7.75. The first-order valence-electron chi connectivity index (χ1n) is 7.75. The summed E-state index contributed by atoms with van der Waals surface area (Å²) >= 11 is 0. The normalized spacial score (nSPS) is 13.2. The summed E-state index contributed by atoms with van der Waals surface area (Å²) in [5.74, 6) is -0.00963. The molecule has 0 rings (SSSR count). The van der Waals surface area contributed by atoms with Crippen LogP contribution in [0.15, 0.2) is 0 Å². The van der Waals surface area contributed by atoms with E-state index in [4.69, 9.17) is 18.9 Å². The highest BCUT2D eigenvalue weighted by Gasteiger charge is 2.31. The third-order valence-corrected chi connectivity index (χ3v) is 2.48. The Labute approximate surface area is 125 Å². The molecule has 0 amide bonds. The van der Waals surface area contributed by atoms with Gasteiger partial charge in [-0.3, -0.25) is 0 Å². The van der Waals surface area contributed by atoms with E-state index in [0.717, 1.165) is 0 Å². The van der Waals surface area contributed by atoms with E-state index in [1.165, 1.54) is 0 Å². The van der Waals surface area contributed by atoms with Crippen molar-refractivity contribution in [3.63, 3.8) is 0 Å². The van der Waals surface area contributed by atoms with Crippen molar-refractivity contribution < 1.29 is 18.9 Å². The monoisotopic (exact) mass is 290 g/mol. The van der Waals surface area contributed by atoms with E-state index >= 15 is 0 Å². The van der Waals surface area contributed by atoms with E-state index in [0.29, 0.717) is 0 Å². The van der Waals surface area contributed by atoms with Gasteiger partial charge in [0.2, 0.25) is 0 Å². The summed E-state index contributed by atoms with van der Waals surface area (Å²) in [7, 11) is 0. The fourth-order valence-electron chi connectivity index (χ4n) is 1.76. The average Bonchev–Trinajstić information content (AvgIpc) is 2.23. The van der Waals surface area contributed by atoms with Crippen molar-refractivity contribution in [2.45, 2.75) is 99.3 Å². The van der Waals surface area contributed by atoms with Crippen LogP contribution in [0.4, 0.5) is 0 Å². The maximum atomic E-state index is 5.88. The van der Waals surface area contributed by atoms with Gasteiger partial charge in [0.05, 0.1) is 30.3 Å². The minimum Gasteiger partial charge on any atom is -0.350 e. The Hall–Kier alpha value is -0.160. The van der Waals surface area contributed by atoms with Gasteiger partial charge in [-0.1, -0.05) is 6.92 Å². The molecule has 0 aromatic heterocycles. The summed E-state index contributed by atoms with van der Waals surface area (Å²) in [6, 6.07) is 0. The van der Waals surface area contributed by atoms with Gasteiger partial charge >= 0.3 is 0 Å². The van der Waals surface area contributed by atoms with Crippen molar-refractivity contribution in [3.05, 3.63) is 0 Å². The Kier molecular flexibility index (Phi) is 9.64. The predicted molar refractivity (Wildman–Crippen MR) is 81.6 cm³/mol. The van der Waals surface area contributed by atoms with Crippen molar-refractivity contribution >= 4 is 0 Å². The van der Waals surface area contributed by atoms with Gasteiger partial charge in [-0.05, 0) is 55.4 Å². The molecule has 20 heavy (non-hydrogen) atoms. The molecule has 0 spiro atoms. The Morgan fingerprint density at radius 1 is 0.400 bits per heavy atom. The second-order valence-corrected chi connectivity index (χ2v) is 6.34. The molecule has 0 atom stereocenters. The Morgan fingerprint density at radius 3 is 0.750 bits per heavy atom. The highest BCUT2D eigenvalue weighted by molar-refractivity contribution is 4.66. The molecule has 0 radical (unpaired) electrons. The van der Waals surface area contributed by atoms with Gasteiger partial charge in [0, 0.05) is 0 Å². The average molecular weight is 290 g/mol. The van der Waals surface area contributed by atoms with E-state index in [1.54, 1.807) is 0 Å². The van der Waals surface area contributed by atoms with Crippen molar-refractivity contribution in [2.75, 3.05) is 0 Å². The number of ether oxygens (including phenoxy) is 4. The molecule has 0 fully saturated rings.